The van der Waals surface area contributed by atoms with Crippen LogP contribution in [-0.4, -0.2) is 37.0 Å². The van der Waals surface area contributed by atoms with Gasteiger partial charge in [0.15, 0.2) is 0 Å². The third-order valence-corrected chi connectivity index (χ3v) is 4.07. The largest absolute Gasteiger partial charge is 0.394 e. The van der Waals surface area contributed by atoms with Crippen LogP contribution in [0.2, 0.25) is 0 Å². The van der Waals surface area contributed by atoms with E-state index in [1.807, 2.05) is 30.3 Å². The highest BCUT2D eigenvalue weighted by Crippen LogP contribution is 2.27. The summed E-state index contributed by atoms with van der Waals surface area (Å²) in [5.41, 5.74) is 1.11. The van der Waals surface area contributed by atoms with Gasteiger partial charge in [-0.3, -0.25) is 0 Å². The van der Waals surface area contributed by atoms with Gasteiger partial charge in [-0.15, -0.1) is 0 Å². The van der Waals surface area contributed by atoms with E-state index in [9.17, 15) is 4.79 Å². The second-order valence-corrected chi connectivity index (χ2v) is 5.96. The molecule has 1 heterocycles. The van der Waals surface area contributed by atoms with Crippen LogP contribution in [-0.2, 0) is 4.74 Å². The smallest absolute Gasteiger partial charge is 0.315 e. The average Bonchev–Trinajstić information content (AvgIpc) is 2.56. The van der Waals surface area contributed by atoms with Crippen molar-refractivity contribution in [3.05, 3.63) is 35.9 Å². The summed E-state index contributed by atoms with van der Waals surface area (Å²) in [4.78, 5) is 12.1. The van der Waals surface area contributed by atoms with Gasteiger partial charge in [0.25, 0.3) is 0 Å². The number of rotatable bonds is 6. The second-order valence-electron chi connectivity index (χ2n) is 5.96. The van der Waals surface area contributed by atoms with Gasteiger partial charge in [-0.25, -0.2) is 4.79 Å². The predicted molar refractivity (Wildman–Crippen MR) is 85.6 cm³/mol. The van der Waals surface area contributed by atoms with Gasteiger partial charge in [0.1, 0.15) is 0 Å². The van der Waals surface area contributed by atoms with E-state index in [1.54, 1.807) is 6.92 Å². The number of hydrogen-bond donors (Lipinski definition) is 3. The Kier molecular flexibility index (Phi) is 6.68. The molecule has 0 aliphatic carbocycles. The van der Waals surface area contributed by atoms with Crippen LogP contribution in [0, 0.1) is 5.92 Å². The first-order valence-corrected chi connectivity index (χ1v) is 7.99. The van der Waals surface area contributed by atoms with Crippen molar-refractivity contribution in [2.45, 2.75) is 38.3 Å². The summed E-state index contributed by atoms with van der Waals surface area (Å²) in [6, 6.07) is 9.53. The van der Waals surface area contributed by atoms with Gasteiger partial charge in [0.05, 0.1) is 18.7 Å². The van der Waals surface area contributed by atoms with Crippen LogP contribution >= 0.6 is 0 Å². The van der Waals surface area contributed by atoms with Gasteiger partial charge in [-0.2, -0.15) is 0 Å². The molecule has 1 aromatic rings. The van der Waals surface area contributed by atoms with Gasteiger partial charge < -0.3 is 20.5 Å². The quantitative estimate of drug-likeness (QED) is 0.755. The van der Waals surface area contributed by atoms with E-state index in [1.165, 1.54) is 0 Å². The maximum atomic E-state index is 12.1. The van der Waals surface area contributed by atoms with Gasteiger partial charge in [0.2, 0.25) is 0 Å². The first-order valence-electron chi connectivity index (χ1n) is 7.99. The summed E-state index contributed by atoms with van der Waals surface area (Å²) in [6.45, 7) is 3.32. The number of carbonyl (C=O) groups is 1. The molecule has 0 unspecified atom stereocenters. The molecule has 1 aliphatic heterocycles. The zero-order chi connectivity index (χ0) is 15.8. The highest BCUT2D eigenvalue weighted by Gasteiger charge is 2.22. The lowest BCUT2D eigenvalue weighted by molar-refractivity contribution is 0.0608. The molecule has 0 aromatic heterocycles. The van der Waals surface area contributed by atoms with E-state index in [-0.39, 0.29) is 24.7 Å². The minimum absolute atomic E-state index is 0.0183. The van der Waals surface area contributed by atoms with Crippen molar-refractivity contribution in [3.8, 4) is 0 Å². The van der Waals surface area contributed by atoms with Crippen LogP contribution in [0.15, 0.2) is 30.3 Å². The molecule has 5 nitrogen and oxygen atoms in total. The summed E-state index contributed by atoms with van der Waals surface area (Å²) in [6.07, 6.45) is 2.99. The zero-order valence-electron chi connectivity index (χ0n) is 13.1. The number of amides is 2. The Balaban J connectivity index is 1.99. The highest BCUT2D eigenvalue weighted by atomic mass is 16.5. The molecule has 1 aromatic carbocycles. The van der Waals surface area contributed by atoms with Gasteiger partial charge >= 0.3 is 6.03 Å². The van der Waals surface area contributed by atoms with Crippen LogP contribution in [0.3, 0.4) is 0 Å². The fourth-order valence-corrected chi connectivity index (χ4v) is 2.75. The average molecular weight is 306 g/mol. The molecule has 3 N–H and O–H groups in total. The Morgan fingerprint density at radius 1 is 1.27 bits per heavy atom. The fourth-order valence-electron chi connectivity index (χ4n) is 2.75. The number of hydrogen-bond acceptors (Lipinski definition) is 3. The number of benzene rings is 1. The Labute approximate surface area is 132 Å². The minimum Gasteiger partial charge on any atom is -0.394 e. The Morgan fingerprint density at radius 2 is 1.95 bits per heavy atom. The monoisotopic (exact) mass is 306 g/mol. The summed E-state index contributed by atoms with van der Waals surface area (Å²) in [5, 5.41) is 14.8. The molecule has 2 atom stereocenters. The molecule has 1 fully saturated rings. The number of aliphatic hydroxyl groups is 1. The molecule has 0 bridgehead atoms. The first-order chi connectivity index (χ1) is 10.7. The molecule has 0 radical (unpaired) electrons. The third-order valence-electron chi connectivity index (χ3n) is 4.07. The molecule has 1 saturated heterocycles. The zero-order valence-corrected chi connectivity index (χ0v) is 13.1. The summed E-state index contributed by atoms with van der Waals surface area (Å²) in [5.74, 6) is 0.564. The lowest BCUT2D eigenvalue weighted by Gasteiger charge is -2.28. The topological polar surface area (TPSA) is 70.6 Å². The van der Waals surface area contributed by atoms with Crippen molar-refractivity contribution in [3.63, 3.8) is 0 Å². The molecule has 5 heteroatoms. The normalized spacial score (nSPS) is 18.5. The maximum Gasteiger partial charge on any atom is 0.315 e. The van der Waals surface area contributed by atoms with Crippen molar-refractivity contribution < 1.29 is 14.6 Å². The molecule has 2 amide bonds. The van der Waals surface area contributed by atoms with E-state index in [0.717, 1.165) is 38.0 Å². The van der Waals surface area contributed by atoms with Crippen molar-refractivity contribution >= 4 is 6.03 Å². The van der Waals surface area contributed by atoms with Gasteiger partial charge in [-0.1, -0.05) is 30.3 Å². The standard InChI is InChI=1S/C17H26N2O3/c1-13(12-20)18-17(21)19-16(15-5-3-2-4-6-15)11-14-7-9-22-10-8-14/h2-6,13-14,16,20H,7-12H2,1H3,(H2,18,19,21)/t13-,16-/m0/s1. The summed E-state index contributed by atoms with van der Waals surface area (Å²) in [7, 11) is 0. The Hall–Kier alpha value is -1.59. The van der Waals surface area contributed by atoms with Crippen LogP contribution in [0.5, 0.6) is 0 Å². The molecule has 1 aliphatic rings. The van der Waals surface area contributed by atoms with Crippen molar-refractivity contribution in [1.29, 1.82) is 0 Å². The molecule has 122 valence electrons. The van der Waals surface area contributed by atoms with Crippen LogP contribution in [0.4, 0.5) is 4.79 Å². The van der Waals surface area contributed by atoms with E-state index in [0.29, 0.717) is 5.92 Å². The lowest BCUT2D eigenvalue weighted by atomic mass is 9.89. The van der Waals surface area contributed by atoms with Crippen LogP contribution in [0.25, 0.3) is 0 Å². The van der Waals surface area contributed by atoms with E-state index < -0.39 is 0 Å². The van der Waals surface area contributed by atoms with Crippen molar-refractivity contribution in [1.82, 2.24) is 10.6 Å². The molecule has 2 rings (SSSR count). The summed E-state index contributed by atoms with van der Waals surface area (Å²) >= 11 is 0. The lowest BCUT2D eigenvalue weighted by Crippen LogP contribution is -2.44. The minimum atomic E-state index is -0.250. The SMILES string of the molecule is C[C@@H](CO)NC(=O)N[C@@H](CC1CCOCC1)c1ccccc1. The van der Waals surface area contributed by atoms with Crippen LogP contribution in [0.1, 0.15) is 37.8 Å². The number of urea groups is 1. The van der Waals surface area contributed by atoms with E-state index in [2.05, 4.69) is 10.6 Å². The molecular formula is C17H26N2O3. The number of aliphatic hydroxyl groups excluding tert-OH is 1. The maximum absolute atomic E-state index is 12.1. The second kappa shape index (κ2) is 8.76. The first kappa shape index (κ1) is 16.8. The number of ether oxygens (including phenoxy) is 1. The van der Waals surface area contributed by atoms with E-state index in [4.69, 9.17) is 9.84 Å². The van der Waals surface area contributed by atoms with Gasteiger partial charge in [-0.05, 0) is 37.7 Å². The van der Waals surface area contributed by atoms with E-state index >= 15 is 0 Å². The number of nitrogens with one attached hydrogen (secondary N) is 2. The summed E-state index contributed by atoms with van der Waals surface area (Å²) < 4.78 is 5.41. The Morgan fingerprint density at radius 3 is 2.59 bits per heavy atom. The molecule has 22 heavy (non-hydrogen) atoms. The molecule has 0 spiro atoms. The fraction of sp³-hybridized carbons (Fsp3) is 0.588. The third kappa shape index (κ3) is 5.31. The van der Waals surface area contributed by atoms with Crippen LogP contribution < -0.4 is 10.6 Å². The van der Waals surface area contributed by atoms with Crippen molar-refractivity contribution in [2.75, 3.05) is 19.8 Å². The molecule has 0 saturated carbocycles. The predicted octanol–water partition coefficient (Wildman–Crippen LogP) is 2.22. The van der Waals surface area contributed by atoms with Crippen molar-refractivity contribution in [2.24, 2.45) is 5.92 Å². The molecular weight excluding hydrogens is 280 g/mol. The Bertz CT molecular complexity index is 446. The van der Waals surface area contributed by atoms with Gasteiger partial charge in [0, 0.05) is 13.2 Å². The number of carbonyl (C=O) groups excluding carboxylic acids is 1. The highest BCUT2D eigenvalue weighted by molar-refractivity contribution is 5.74.